The fraction of sp³-hybridized carbons (Fsp3) is 0.815. The van der Waals surface area contributed by atoms with E-state index >= 15 is 0 Å². The van der Waals surface area contributed by atoms with Crippen LogP contribution in [0.5, 0.6) is 0 Å². The van der Waals surface area contributed by atoms with Gasteiger partial charge in [0.1, 0.15) is 0 Å². The summed E-state index contributed by atoms with van der Waals surface area (Å²) >= 11 is 0. The summed E-state index contributed by atoms with van der Waals surface area (Å²) in [5, 5.41) is 0. The van der Waals surface area contributed by atoms with E-state index in [9.17, 15) is 4.79 Å². The molecule has 0 N–H and O–H groups in total. The maximum absolute atomic E-state index is 14.0. The van der Waals surface area contributed by atoms with E-state index in [1.165, 1.54) is 70.6 Å². The van der Waals surface area contributed by atoms with Crippen LogP contribution in [0.15, 0.2) is 24.3 Å². The second-order valence-electron chi connectivity index (χ2n) is 11.5. The molecule has 0 saturated heterocycles. The van der Waals surface area contributed by atoms with Gasteiger partial charge in [0.2, 0.25) is 5.91 Å². The normalized spacial score (nSPS) is 43.0. The average Bonchev–Trinajstić information content (AvgIpc) is 2.73. The van der Waals surface area contributed by atoms with Crippen LogP contribution in [0.2, 0.25) is 0 Å². The first-order chi connectivity index (χ1) is 13.8. The second kappa shape index (κ2) is 7.57. The number of allylic oxidation sites excluding steroid dienone is 3. The van der Waals surface area contributed by atoms with Crippen molar-refractivity contribution in [1.82, 2.24) is 4.90 Å². The number of amides is 1. The lowest BCUT2D eigenvalue weighted by Gasteiger charge is -2.60. The van der Waals surface area contributed by atoms with Crippen LogP contribution in [0.1, 0.15) is 97.8 Å². The van der Waals surface area contributed by atoms with Crippen molar-refractivity contribution in [3.05, 3.63) is 24.3 Å². The summed E-state index contributed by atoms with van der Waals surface area (Å²) in [5.74, 6) is 1.56. The number of hydrogen-bond acceptors (Lipinski definition) is 1. The van der Waals surface area contributed by atoms with Crippen LogP contribution in [0.3, 0.4) is 0 Å². The average molecular weight is 398 g/mol. The van der Waals surface area contributed by atoms with Crippen molar-refractivity contribution in [3.8, 4) is 0 Å². The van der Waals surface area contributed by atoms with E-state index in [2.05, 4.69) is 51.4 Å². The highest BCUT2D eigenvalue weighted by molar-refractivity contribution is 5.83. The number of nitrogens with zero attached hydrogens (tertiary/aromatic N) is 1. The summed E-state index contributed by atoms with van der Waals surface area (Å²) in [5.41, 5.74) is 1.90. The topological polar surface area (TPSA) is 20.3 Å². The van der Waals surface area contributed by atoms with Crippen LogP contribution in [0, 0.1) is 28.1 Å². The maximum atomic E-state index is 14.0. The standard InChI is InChI=1S/C27H43NO/c1-6-25(2)17-10-14-22-21(25)15-16-23-26(22,3)18-11-19-27(23,4)24(29)28(5)20-12-8-7-9-13-20/h6,14,20-21,23H,1,7-13,15-19H2,2-5H3. The third kappa shape index (κ3) is 3.24. The van der Waals surface area contributed by atoms with Crippen molar-refractivity contribution < 1.29 is 4.79 Å². The van der Waals surface area contributed by atoms with Crippen molar-refractivity contribution in [2.24, 2.45) is 28.1 Å². The van der Waals surface area contributed by atoms with E-state index in [0.717, 1.165) is 6.42 Å². The van der Waals surface area contributed by atoms with Gasteiger partial charge in [-0.2, -0.15) is 0 Å². The van der Waals surface area contributed by atoms with Crippen molar-refractivity contribution in [2.75, 3.05) is 7.05 Å². The molecule has 5 unspecified atom stereocenters. The summed E-state index contributed by atoms with van der Waals surface area (Å²) in [6.07, 6.45) is 19.4. The molecule has 0 aromatic heterocycles. The molecular weight excluding hydrogens is 354 g/mol. The number of rotatable bonds is 3. The third-order valence-electron chi connectivity index (χ3n) is 9.95. The van der Waals surface area contributed by atoms with Gasteiger partial charge in [0.25, 0.3) is 0 Å². The summed E-state index contributed by atoms with van der Waals surface area (Å²) in [6, 6.07) is 0.468. The molecule has 0 bridgehead atoms. The lowest BCUT2D eigenvalue weighted by atomic mass is 9.44. The van der Waals surface area contributed by atoms with E-state index < -0.39 is 0 Å². The van der Waals surface area contributed by atoms with Gasteiger partial charge in [-0.25, -0.2) is 0 Å². The summed E-state index contributed by atoms with van der Waals surface area (Å²) in [6.45, 7) is 11.5. The molecule has 3 saturated carbocycles. The SMILES string of the molecule is C=CC1(C)CCC=C2C1CCC1C(C)(C(=O)N(C)C3CCCCC3)CCCC21C. The summed E-state index contributed by atoms with van der Waals surface area (Å²) in [7, 11) is 2.11. The van der Waals surface area contributed by atoms with Crippen molar-refractivity contribution >= 4 is 5.91 Å². The van der Waals surface area contributed by atoms with E-state index in [0.29, 0.717) is 23.8 Å². The number of fused-ring (bicyclic) bond motifs is 3. The second-order valence-corrected chi connectivity index (χ2v) is 11.5. The van der Waals surface area contributed by atoms with Gasteiger partial charge in [-0.15, -0.1) is 6.58 Å². The Morgan fingerprint density at radius 3 is 2.45 bits per heavy atom. The van der Waals surface area contributed by atoms with Gasteiger partial charge < -0.3 is 4.90 Å². The minimum Gasteiger partial charge on any atom is -0.342 e. The molecular formula is C27H43NO. The fourth-order valence-corrected chi connectivity index (χ4v) is 8.05. The Hall–Kier alpha value is -1.05. The minimum absolute atomic E-state index is 0.184. The Labute approximate surface area is 179 Å². The Morgan fingerprint density at radius 1 is 1.03 bits per heavy atom. The molecule has 0 aromatic carbocycles. The van der Waals surface area contributed by atoms with Crippen LogP contribution < -0.4 is 0 Å². The molecule has 0 heterocycles. The van der Waals surface area contributed by atoms with Crippen molar-refractivity contribution in [2.45, 2.75) is 104 Å². The first-order valence-electron chi connectivity index (χ1n) is 12.4. The summed E-state index contributed by atoms with van der Waals surface area (Å²) in [4.78, 5) is 16.1. The molecule has 2 heteroatoms. The Balaban J connectivity index is 1.64. The molecule has 0 spiro atoms. The van der Waals surface area contributed by atoms with Crippen molar-refractivity contribution in [1.29, 1.82) is 0 Å². The van der Waals surface area contributed by atoms with Gasteiger partial charge in [-0.1, -0.05) is 64.2 Å². The molecule has 162 valence electrons. The zero-order valence-electron chi connectivity index (χ0n) is 19.4. The Morgan fingerprint density at radius 2 is 1.76 bits per heavy atom. The van der Waals surface area contributed by atoms with E-state index in [4.69, 9.17) is 0 Å². The highest BCUT2D eigenvalue weighted by Crippen LogP contribution is 2.65. The fourth-order valence-electron chi connectivity index (χ4n) is 8.05. The predicted octanol–water partition coefficient (Wildman–Crippen LogP) is 6.91. The zero-order chi connectivity index (χ0) is 20.9. The van der Waals surface area contributed by atoms with E-state index in [1.54, 1.807) is 5.57 Å². The van der Waals surface area contributed by atoms with Gasteiger partial charge in [0.15, 0.2) is 0 Å². The molecule has 0 aliphatic heterocycles. The van der Waals surface area contributed by atoms with Gasteiger partial charge in [0.05, 0.1) is 5.41 Å². The zero-order valence-corrected chi connectivity index (χ0v) is 19.4. The van der Waals surface area contributed by atoms with Crippen LogP contribution in [-0.4, -0.2) is 23.9 Å². The molecule has 0 radical (unpaired) electrons. The molecule has 4 aliphatic rings. The minimum atomic E-state index is -0.201. The largest absolute Gasteiger partial charge is 0.342 e. The Bertz CT molecular complexity index is 689. The van der Waals surface area contributed by atoms with Gasteiger partial charge >= 0.3 is 0 Å². The first-order valence-corrected chi connectivity index (χ1v) is 12.4. The smallest absolute Gasteiger partial charge is 0.228 e. The third-order valence-corrected chi connectivity index (χ3v) is 9.95. The molecule has 4 aliphatic carbocycles. The lowest BCUT2D eigenvalue weighted by molar-refractivity contribution is -0.155. The lowest BCUT2D eigenvalue weighted by Crippen LogP contribution is -2.57. The molecule has 5 atom stereocenters. The van der Waals surface area contributed by atoms with Crippen molar-refractivity contribution in [3.63, 3.8) is 0 Å². The van der Waals surface area contributed by atoms with Crippen LogP contribution in [0.25, 0.3) is 0 Å². The highest BCUT2D eigenvalue weighted by Gasteiger charge is 2.59. The number of hydrogen-bond donors (Lipinski definition) is 0. The predicted molar refractivity (Wildman–Crippen MR) is 122 cm³/mol. The summed E-state index contributed by atoms with van der Waals surface area (Å²) < 4.78 is 0. The number of carbonyl (C=O) groups is 1. The molecule has 1 amide bonds. The molecule has 0 aromatic rings. The quantitative estimate of drug-likeness (QED) is 0.474. The van der Waals surface area contributed by atoms with Gasteiger partial charge in [-0.3, -0.25) is 4.79 Å². The van der Waals surface area contributed by atoms with E-state index in [1.807, 2.05) is 0 Å². The molecule has 2 nitrogen and oxygen atoms in total. The van der Waals surface area contributed by atoms with Gasteiger partial charge in [0, 0.05) is 13.1 Å². The Kier molecular flexibility index (Phi) is 5.53. The first kappa shape index (κ1) is 21.2. The monoisotopic (exact) mass is 397 g/mol. The van der Waals surface area contributed by atoms with Crippen LogP contribution >= 0.6 is 0 Å². The number of carbonyl (C=O) groups excluding carboxylic acids is 1. The molecule has 4 rings (SSSR count). The maximum Gasteiger partial charge on any atom is 0.228 e. The van der Waals surface area contributed by atoms with Crippen LogP contribution in [0.4, 0.5) is 0 Å². The highest BCUT2D eigenvalue weighted by atomic mass is 16.2. The van der Waals surface area contributed by atoms with Gasteiger partial charge in [-0.05, 0) is 74.0 Å². The van der Waals surface area contributed by atoms with Crippen LogP contribution in [-0.2, 0) is 4.79 Å². The van der Waals surface area contributed by atoms with E-state index in [-0.39, 0.29) is 16.2 Å². The molecule has 3 fully saturated rings. The molecule has 29 heavy (non-hydrogen) atoms.